The van der Waals surface area contributed by atoms with Crippen molar-refractivity contribution < 1.29 is 9.90 Å². The predicted octanol–water partition coefficient (Wildman–Crippen LogP) is 4.41. The summed E-state index contributed by atoms with van der Waals surface area (Å²) in [6.07, 6.45) is 0.514. The Bertz CT molecular complexity index is 628. The van der Waals surface area contributed by atoms with E-state index in [4.69, 9.17) is 16.7 Å². The Labute approximate surface area is 135 Å². The summed E-state index contributed by atoms with van der Waals surface area (Å²) in [5.41, 5.74) is 4.37. The molecular weight excluding hydrogens is 298 g/mol. The minimum atomic E-state index is -0.868. The van der Waals surface area contributed by atoms with Crippen molar-refractivity contribution in [2.75, 3.05) is 11.9 Å². The van der Waals surface area contributed by atoms with Crippen molar-refractivity contribution in [2.45, 2.75) is 25.1 Å². The van der Waals surface area contributed by atoms with E-state index in [-0.39, 0.29) is 6.42 Å². The van der Waals surface area contributed by atoms with E-state index in [2.05, 4.69) is 36.5 Å². The zero-order valence-corrected chi connectivity index (χ0v) is 13.3. The van der Waals surface area contributed by atoms with E-state index in [1.54, 1.807) is 0 Å². The SMILES string of the molecule is CCNc1cc(CC(Cl)CC(=O)O)ccc1-c1ccccc1. The number of carboxylic acids is 1. The van der Waals surface area contributed by atoms with Crippen LogP contribution in [0.2, 0.25) is 0 Å². The molecule has 0 saturated carbocycles. The third kappa shape index (κ3) is 4.50. The number of hydrogen-bond acceptors (Lipinski definition) is 2. The number of rotatable bonds is 7. The predicted molar refractivity (Wildman–Crippen MR) is 91.6 cm³/mol. The van der Waals surface area contributed by atoms with E-state index in [9.17, 15) is 4.79 Å². The van der Waals surface area contributed by atoms with Crippen molar-refractivity contribution in [2.24, 2.45) is 0 Å². The van der Waals surface area contributed by atoms with Gasteiger partial charge in [0, 0.05) is 23.2 Å². The molecule has 116 valence electrons. The Hall–Kier alpha value is -2.00. The highest BCUT2D eigenvalue weighted by Gasteiger charge is 2.12. The number of nitrogens with one attached hydrogen (secondary N) is 1. The Morgan fingerprint density at radius 3 is 2.59 bits per heavy atom. The molecule has 0 aliphatic carbocycles. The highest BCUT2D eigenvalue weighted by molar-refractivity contribution is 6.21. The maximum atomic E-state index is 10.7. The van der Waals surface area contributed by atoms with Crippen molar-refractivity contribution in [3.63, 3.8) is 0 Å². The van der Waals surface area contributed by atoms with Gasteiger partial charge in [-0.1, -0.05) is 42.5 Å². The summed E-state index contributed by atoms with van der Waals surface area (Å²) in [5, 5.41) is 11.8. The minimum absolute atomic E-state index is 0.0292. The molecule has 0 fully saturated rings. The molecule has 0 bridgehead atoms. The third-order valence-electron chi connectivity index (χ3n) is 3.39. The number of halogens is 1. The first-order valence-electron chi connectivity index (χ1n) is 7.38. The van der Waals surface area contributed by atoms with Crippen molar-refractivity contribution in [3.05, 3.63) is 54.1 Å². The van der Waals surface area contributed by atoms with Crippen molar-refractivity contribution >= 4 is 23.3 Å². The van der Waals surface area contributed by atoms with Gasteiger partial charge in [0.1, 0.15) is 0 Å². The van der Waals surface area contributed by atoms with E-state index < -0.39 is 11.3 Å². The third-order valence-corrected chi connectivity index (χ3v) is 3.70. The number of carbonyl (C=O) groups is 1. The topological polar surface area (TPSA) is 49.3 Å². The molecule has 2 aromatic rings. The van der Waals surface area contributed by atoms with Crippen LogP contribution in [0, 0.1) is 0 Å². The first-order valence-corrected chi connectivity index (χ1v) is 7.82. The van der Waals surface area contributed by atoms with Gasteiger partial charge in [-0.3, -0.25) is 4.79 Å². The molecule has 0 aromatic heterocycles. The summed E-state index contributed by atoms with van der Waals surface area (Å²) in [7, 11) is 0. The van der Waals surface area contributed by atoms with Gasteiger partial charge in [-0.2, -0.15) is 0 Å². The second kappa shape index (κ2) is 7.85. The van der Waals surface area contributed by atoms with Gasteiger partial charge < -0.3 is 10.4 Å². The van der Waals surface area contributed by atoms with E-state index in [1.807, 2.05) is 24.3 Å². The lowest BCUT2D eigenvalue weighted by Crippen LogP contribution is -2.10. The van der Waals surface area contributed by atoms with Crippen molar-refractivity contribution in [3.8, 4) is 11.1 Å². The Morgan fingerprint density at radius 2 is 1.95 bits per heavy atom. The van der Waals surface area contributed by atoms with Gasteiger partial charge in [0.25, 0.3) is 0 Å². The van der Waals surface area contributed by atoms with Gasteiger partial charge >= 0.3 is 5.97 Å². The summed E-state index contributed by atoms with van der Waals surface area (Å²) in [6.45, 7) is 2.87. The lowest BCUT2D eigenvalue weighted by Gasteiger charge is -2.14. The Balaban J connectivity index is 2.25. The lowest BCUT2D eigenvalue weighted by molar-refractivity contribution is -0.137. The van der Waals surface area contributed by atoms with Crippen molar-refractivity contribution in [1.29, 1.82) is 0 Å². The molecule has 4 heteroatoms. The van der Waals surface area contributed by atoms with E-state index in [1.165, 1.54) is 0 Å². The number of anilines is 1. The van der Waals surface area contributed by atoms with Crippen LogP contribution >= 0.6 is 11.6 Å². The molecule has 1 unspecified atom stereocenters. The highest BCUT2D eigenvalue weighted by Crippen LogP contribution is 2.29. The molecular formula is C18H20ClNO2. The highest BCUT2D eigenvalue weighted by atomic mass is 35.5. The van der Waals surface area contributed by atoms with Crippen LogP contribution in [-0.4, -0.2) is 23.0 Å². The van der Waals surface area contributed by atoms with Gasteiger partial charge in [-0.05, 0) is 30.5 Å². The van der Waals surface area contributed by atoms with Crippen LogP contribution in [0.5, 0.6) is 0 Å². The minimum Gasteiger partial charge on any atom is -0.481 e. The van der Waals surface area contributed by atoms with Crippen LogP contribution in [0.3, 0.4) is 0 Å². The fourth-order valence-corrected chi connectivity index (χ4v) is 2.75. The number of aliphatic carboxylic acids is 1. The standard InChI is InChI=1S/C18H20ClNO2/c1-2-20-17-11-13(10-15(19)12-18(21)22)8-9-16(17)14-6-4-3-5-7-14/h3-9,11,15,20H,2,10,12H2,1H3,(H,21,22). The molecule has 2 aromatic carbocycles. The average Bonchev–Trinajstić information content (AvgIpc) is 2.48. The second-order valence-corrected chi connectivity index (χ2v) is 5.79. The molecule has 0 radical (unpaired) electrons. The molecule has 0 aliphatic heterocycles. The fourth-order valence-electron chi connectivity index (χ4n) is 2.44. The second-order valence-electron chi connectivity index (χ2n) is 5.18. The number of carboxylic acid groups (broad SMARTS) is 1. The summed E-state index contributed by atoms with van der Waals surface area (Å²) in [6, 6.07) is 16.3. The molecule has 3 nitrogen and oxygen atoms in total. The van der Waals surface area contributed by atoms with Gasteiger partial charge in [0.2, 0.25) is 0 Å². The summed E-state index contributed by atoms with van der Waals surface area (Å²) in [5.74, 6) is -0.868. The quantitative estimate of drug-likeness (QED) is 0.744. The first-order chi connectivity index (χ1) is 10.6. The summed E-state index contributed by atoms with van der Waals surface area (Å²) in [4.78, 5) is 10.7. The zero-order chi connectivity index (χ0) is 15.9. The number of alkyl halides is 1. The van der Waals surface area contributed by atoms with E-state index in [0.717, 1.165) is 28.9 Å². The summed E-state index contributed by atoms with van der Waals surface area (Å²) < 4.78 is 0. The van der Waals surface area contributed by atoms with Crippen LogP contribution < -0.4 is 5.32 Å². The molecule has 0 spiro atoms. The van der Waals surface area contributed by atoms with Crippen LogP contribution in [0.4, 0.5) is 5.69 Å². The smallest absolute Gasteiger partial charge is 0.304 e. The Kier molecular flexibility index (Phi) is 5.84. The molecule has 0 heterocycles. The molecule has 2 rings (SSSR count). The van der Waals surface area contributed by atoms with Gasteiger partial charge in [0.05, 0.1) is 6.42 Å². The molecule has 0 amide bonds. The number of hydrogen-bond donors (Lipinski definition) is 2. The maximum absolute atomic E-state index is 10.7. The molecule has 0 saturated heterocycles. The Morgan fingerprint density at radius 1 is 1.23 bits per heavy atom. The van der Waals surface area contributed by atoms with Gasteiger partial charge in [-0.15, -0.1) is 11.6 Å². The molecule has 0 aliphatic rings. The van der Waals surface area contributed by atoms with Crippen LogP contribution in [0.15, 0.2) is 48.5 Å². The molecule has 2 N–H and O–H groups in total. The van der Waals surface area contributed by atoms with Crippen molar-refractivity contribution in [1.82, 2.24) is 0 Å². The molecule has 22 heavy (non-hydrogen) atoms. The first kappa shape index (κ1) is 16.4. The lowest BCUT2D eigenvalue weighted by atomic mass is 9.99. The zero-order valence-electron chi connectivity index (χ0n) is 12.6. The van der Waals surface area contributed by atoms with Gasteiger partial charge in [-0.25, -0.2) is 0 Å². The van der Waals surface area contributed by atoms with Crippen LogP contribution in [0.25, 0.3) is 11.1 Å². The monoisotopic (exact) mass is 317 g/mol. The maximum Gasteiger partial charge on any atom is 0.304 e. The number of benzene rings is 2. The summed E-state index contributed by atoms with van der Waals surface area (Å²) >= 11 is 6.10. The average molecular weight is 318 g/mol. The van der Waals surface area contributed by atoms with Gasteiger partial charge in [0.15, 0.2) is 0 Å². The largest absolute Gasteiger partial charge is 0.481 e. The van der Waals surface area contributed by atoms with E-state index in [0.29, 0.717) is 6.42 Å². The normalized spacial score (nSPS) is 11.9. The molecule has 1 atom stereocenters. The van der Waals surface area contributed by atoms with E-state index >= 15 is 0 Å². The van der Waals surface area contributed by atoms with Crippen LogP contribution in [-0.2, 0) is 11.2 Å². The fraction of sp³-hybridized carbons (Fsp3) is 0.278. The van der Waals surface area contributed by atoms with Crippen LogP contribution in [0.1, 0.15) is 18.9 Å².